The largest absolute Gasteiger partial charge is 0.458 e. The molecule has 1 heterocycles. The highest BCUT2D eigenvalue weighted by Crippen LogP contribution is 2.46. The van der Waals surface area contributed by atoms with Crippen molar-refractivity contribution in [2.45, 2.75) is 199 Å². The molecule has 11 amide bonds. The molecule has 3 rings (SSSR count). The summed E-state index contributed by atoms with van der Waals surface area (Å²) in [5.74, 6) is -12.7. The fourth-order valence-corrected chi connectivity index (χ4v) is 10.0. The van der Waals surface area contributed by atoms with Crippen LogP contribution in [0.25, 0.3) is 0 Å². The highest BCUT2D eigenvalue weighted by atomic mass is 32.1. The monoisotopic (exact) mass is 1230 g/mol. The van der Waals surface area contributed by atoms with Gasteiger partial charge in [0.2, 0.25) is 65.0 Å². The van der Waals surface area contributed by atoms with Crippen molar-refractivity contribution >= 4 is 83.6 Å². The number of aliphatic hydroxyl groups excluding tert-OH is 2. The van der Waals surface area contributed by atoms with Gasteiger partial charge in [-0.1, -0.05) is 111 Å². The second-order valence-electron chi connectivity index (χ2n) is 22.8. The van der Waals surface area contributed by atoms with Crippen molar-refractivity contribution in [3.63, 3.8) is 0 Å². The van der Waals surface area contributed by atoms with Crippen molar-refractivity contribution in [3.8, 4) is 0 Å². The number of primary amides is 1. The van der Waals surface area contributed by atoms with Gasteiger partial charge in [0.15, 0.2) is 0 Å². The summed E-state index contributed by atoms with van der Waals surface area (Å²) in [5, 5.41) is 49.6. The van der Waals surface area contributed by atoms with E-state index in [1.807, 2.05) is 30.3 Å². The van der Waals surface area contributed by atoms with Crippen LogP contribution in [0.3, 0.4) is 0 Å². The van der Waals surface area contributed by atoms with E-state index in [0.29, 0.717) is 31.4 Å². The van der Waals surface area contributed by atoms with Gasteiger partial charge in [0.25, 0.3) is 0 Å². The summed E-state index contributed by atoms with van der Waals surface area (Å²) in [5.41, 5.74) is 4.93. The smallest absolute Gasteiger partial charge is 0.329 e. The number of ether oxygens (including phenoxy) is 1. The molecule has 86 heavy (non-hydrogen) atoms. The molecule has 1 aliphatic carbocycles. The number of aliphatic hydroxyl groups is 2. The molecule has 2 fully saturated rings. The zero-order valence-corrected chi connectivity index (χ0v) is 52.2. The molecule has 1 saturated carbocycles. The Hall–Kier alpha value is -6.91. The molecule has 1 aliphatic heterocycles. The molecule has 27 nitrogen and oxygen atoms in total. The number of hydrogen-bond acceptors (Lipinski definition) is 17. The Bertz CT molecular complexity index is 2530. The van der Waals surface area contributed by atoms with Gasteiger partial charge < -0.3 is 79.2 Å². The molecule has 0 aromatic heterocycles. The standard InChI is InChI=1S/C58H94N12O15S/c1-12-29(5)42(66-49(76)38(60-11)25-35-19-17-16-18-20-35)52(79)63-39(27-71)50(77)62-37(21-22-41(59)73)48(75)65-44(31(7)14-3)54(81)67-43(30(6)13-2)53(80)64-40(28-72)51(78)68-46-34(10)85-56(83)45(32(8)15-4)69-57(84)58(26-36(58)23-24-86)70-47(74)33(9)61-55(46)82/h16-20,29-34,36-40,42-46,60,71-72,86H,12-15,21-28H2,1-11H3,(H2,59,73)(H,61,82)(H,62,77)(H,63,79)(H,64,80)(H,65,75)(H,66,76)(H,67,81)(H,68,78)(H,69,84)(H,70,74)/t29-,30-,31-,32?,33-,34-,36?,37+,38+,39-,40-,42-,43-,44+,45-,46+,58?/m0/s1. The number of esters is 1. The maximum Gasteiger partial charge on any atom is 0.329 e. The zero-order chi connectivity index (χ0) is 64.7. The third-order valence-electron chi connectivity index (χ3n) is 16.5. The first-order chi connectivity index (χ1) is 40.6. The Kier molecular flexibility index (Phi) is 29.9. The fourth-order valence-electron chi connectivity index (χ4n) is 9.70. The lowest BCUT2D eigenvalue weighted by Gasteiger charge is -2.31. The Morgan fingerprint density at radius 1 is 0.663 bits per heavy atom. The second kappa shape index (κ2) is 35.0. The lowest BCUT2D eigenvalue weighted by molar-refractivity contribution is -0.157. The average Bonchev–Trinajstić information content (AvgIpc) is 1.65. The fraction of sp³-hybridized carbons (Fsp3) is 0.690. The van der Waals surface area contributed by atoms with E-state index in [0.717, 1.165) is 5.56 Å². The number of rotatable bonds is 32. The predicted octanol–water partition coefficient (Wildman–Crippen LogP) is -2.23. The van der Waals surface area contributed by atoms with Gasteiger partial charge >= 0.3 is 5.97 Å². The first kappa shape index (κ1) is 73.3. The normalized spacial score (nSPS) is 23.6. The van der Waals surface area contributed by atoms with Crippen molar-refractivity contribution in [1.29, 1.82) is 0 Å². The Morgan fingerprint density at radius 3 is 1.62 bits per heavy atom. The van der Waals surface area contributed by atoms with Gasteiger partial charge in [-0.25, -0.2) is 4.79 Å². The molecule has 482 valence electrons. The lowest BCUT2D eigenvalue weighted by Crippen LogP contribution is -2.63. The van der Waals surface area contributed by atoms with Gasteiger partial charge in [-0.3, -0.25) is 52.7 Å². The van der Waals surface area contributed by atoms with Crippen LogP contribution in [0, 0.1) is 29.6 Å². The molecule has 28 heteroatoms. The Morgan fingerprint density at radius 2 is 1.14 bits per heavy atom. The van der Waals surface area contributed by atoms with E-state index >= 15 is 0 Å². The highest BCUT2D eigenvalue weighted by molar-refractivity contribution is 7.80. The van der Waals surface area contributed by atoms with Crippen LogP contribution in [0.5, 0.6) is 0 Å². The van der Waals surface area contributed by atoms with Gasteiger partial charge in [-0.2, -0.15) is 12.6 Å². The SMILES string of the molecule is CCC(C)[C@@H]1NC(=O)C2(CC2CCS)NC(=O)[C@H](C)NC(=O)[C@H](NC(=O)[C@H](CO)NC(=O)[C@@H](NC(=O)[C@H](NC(=O)[C@@H](CCC(N)=O)NC(=O)[C@H](CO)NC(=O)[C@@H](NC(=O)[C@@H](Cc2ccccc2)NC)[C@@H](C)CC)[C@@H](C)CC)[C@@H](C)CC)[C@H](C)OC1=O. The van der Waals surface area contributed by atoms with Crippen LogP contribution < -0.4 is 64.2 Å². The highest BCUT2D eigenvalue weighted by Gasteiger charge is 2.61. The van der Waals surface area contributed by atoms with Gasteiger partial charge in [-0.05, 0) is 87.5 Å². The minimum Gasteiger partial charge on any atom is -0.458 e. The summed E-state index contributed by atoms with van der Waals surface area (Å²) in [6.07, 6.45) is 0.0800. The molecule has 17 atom stereocenters. The Balaban J connectivity index is 1.85. The molecule has 0 bridgehead atoms. The van der Waals surface area contributed by atoms with E-state index in [2.05, 4.69) is 71.1 Å². The van der Waals surface area contributed by atoms with E-state index < -0.39 is 193 Å². The third kappa shape index (κ3) is 20.6. The number of nitrogens with one attached hydrogen (secondary N) is 11. The average molecular weight is 1230 g/mol. The molecule has 1 aromatic carbocycles. The van der Waals surface area contributed by atoms with Crippen molar-refractivity contribution in [2.24, 2.45) is 35.3 Å². The molecule has 1 aromatic rings. The van der Waals surface area contributed by atoms with Crippen LogP contribution in [0.4, 0.5) is 0 Å². The minimum absolute atomic E-state index is 0.257. The number of carbonyl (C=O) groups is 12. The molecule has 2 aliphatic rings. The number of carbonyl (C=O) groups excluding carboxylic acids is 12. The van der Waals surface area contributed by atoms with Crippen LogP contribution >= 0.6 is 12.6 Å². The van der Waals surface area contributed by atoms with Gasteiger partial charge in [0.1, 0.15) is 66.0 Å². The molecular formula is C58H94N12O15S. The summed E-state index contributed by atoms with van der Waals surface area (Å²) < 4.78 is 5.74. The topological polar surface area (TPSA) is 413 Å². The van der Waals surface area contributed by atoms with Gasteiger partial charge in [0, 0.05) is 6.42 Å². The van der Waals surface area contributed by atoms with E-state index in [-0.39, 0.29) is 25.2 Å². The van der Waals surface area contributed by atoms with E-state index in [1.54, 1.807) is 62.4 Å². The van der Waals surface area contributed by atoms with Gasteiger partial charge in [-0.15, -0.1) is 0 Å². The van der Waals surface area contributed by atoms with Crippen molar-refractivity contribution in [2.75, 3.05) is 26.0 Å². The molecule has 0 radical (unpaired) electrons. The molecule has 1 saturated heterocycles. The summed E-state index contributed by atoms with van der Waals surface area (Å²) >= 11 is 4.29. The molecule has 3 unspecified atom stereocenters. The molecular weight excluding hydrogens is 1140 g/mol. The van der Waals surface area contributed by atoms with Crippen LogP contribution in [-0.4, -0.2) is 179 Å². The van der Waals surface area contributed by atoms with Crippen LogP contribution in [-0.2, 0) is 68.7 Å². The first-order valence-corrected chi connectivity index (χ1v) is 30.3. The Labute approximate surface area is 509 Å². The number of likely N-dealkylation sites (N-methyl/N-ethyl adjacent to an activating group) is 1. The minimum atomic E-state index is -1.81. The maximum atomic E-state index is 14.4. The number of amides is 11. The van der Waals surface area contributed by atoms with Crippen molar-refractivity contribution in [1.82, 2.24) is 58.5 Å². The number of benzene rings is 1. The summed E-state index contributed by atoms with van der Waals surface area (Å²) in [4.78, 5) is 166. The second-order valence-corrected chi connectivity index (χ2v) is 23.2. The summed E-state index contributed by atoms with van der Waals surface area (Å²) in [7, 11) is 1.60. The van der Waals surface area contributed by atoms with Crippen molar-refractivity contribution < 1.29 is 72.5 Å². The van der Waals surface area contributed by atoms with Crippen molar-refractivity contribution in [3.05, 3.63) is 35.9 Å². The summed E-state index contributed by atoms with van der Waals surface area (Å²) in [6, 6.07) is -4.93. The zero-order valence-electron chi connectivity index (χ0n) is 51.3. The van der Waals surface area contributed by atoms with Crippen LogP contribution in [0.2, 0.25) is 0 Å². The lowest BCUT2D eigenvalue weighted by atomic mass is 9.94. The first-order valence-electron chi connectivity index (χ1n) is 29.7. The number of cyclic esters (lactones) is 1. The summed E-state index contributed by atoms with van der Waals surface area (Å²) in [6.45, 7) is 14.3. The molecule has 1 spiro atoms. The maximum absolute atomic E-state index is 14.4. The number of nitrogens with two attached hydrogens (primary N) is 1. The predicted molar refractivity (Wildman–Crippen MR) is 319 cm³/mol. The quantitative estimate of drug-likeness (QED) is 0.0268. The van der Waals surface area contributed by atoms with E-state index in [9.17, 15) is 67.7 Å². The van der Waals surface area contributed by atoms with E-state index in [1.165, 1.54) is 13.8 Å². The third-order valence-corrected chi connectivity index (χ3v) is 16.7. The number of hydrogen-bond donors (Lipinski definition) is 15. The van der Waals surface area contributed by atoms with E-state index in [4.69, 9.17) is 10.5 Å². The molecule has 15 N–H and O–H groups in total. The van der Waals surface area contributed by atoms with Crippen LogP contribution in [0.15, 0.2) is 30.3 Å². The number of thiol groups is 1. The van der Waals surface area contributed by atoms with Crippen LogP contribution in [0.1, 0.15) is 126 Å². The van der Waals surface area contributed by atoms with Gasteiger partial charge in [0.05, 0.1) is 19.3 Å².